The highest BCUT2D eigenvalue weighted by atomic mass is 16.3. The molecular weight excluding hydrogens is 390 g/mol. The highest BCUT2D eigenvalue weighted by Gasteiger charge is 2.21. The van der Waals surface area contributed by atoms with E-state index in [9.17, 15) is 5.11 Å². The first-order valence-electron chi connectivity index (χ1n) is 11.6. The summed E-state index contributed by atoms with van der Waals surface area (Å²) in [5, 5.41) is 11.7. The average molecular weight is 426 g/mol. The van der Waals surface area contributed by atoms with Gasteiger partial charge in [-0.05, 0) is 86.9 Å². The van der Waals surface area contributed by atoms with Crippen molar-refractivity contribution in [3.63, 3.8) is 0 Å². The first-order valence-corrected chi connectivity index (χ1v) is 11.6. The Morgan fingerprint density at radius 2 is 1.81 bits per heavy atom. The summed E-state index contributed by atoms with van der Waals surface area (Å²) < 4.78 is 0. The molecule has 2 nitrogen and oxygen atoms in total. The third-order valence-electron chi connectivity index (χ3n) is 5.69. The number of para-hydroxylation sites is 1. The molecule has 2 heteroatoms. The highest BCUT2D eigenvalue weighted by molar-refractivity contribution is 5.80. The maximum absolute atomic E-state index is 10.6. The molecule has 1 N–H and O–H groups in total. The molecule has 0 spiro atoms. The third kappa shape index (κ3) is 6.51. The van der Waals surface area contributed by atoms with Crippen molar-refractivity contribution >= 4 is 23.1 Å². The Bertz CT molecular complexity index is 1130. The number of hydrogen-bond acceptors (Lipinski definition) is 2. The van der Waals surface area contributed by atoms with Gasteiger partial charge in [0.05, 0.1) is 16.8 Å². The van der Waals surface area contributed by atoms with Gasteiger partial charge in [0.1, 0.15) is 0 Å². The van der Waals surface area contributed by atoms with Crippen LogP contribution in [-0.4, -0.2) is 15.7 Å². The molecule has 0 saturated heterocycles. The Labute approximate surface area is 193 Å². The van der Waals surface area contributed by atoms with Gasteiger partial charge in [0.25, 0.3) is 0 Å². The van der Waals surface area contributed by atoms with Gasteiger partial charge in [-0.3, -0.25) is 0 Å². The lowest BCUT2D eigenvalue weighted by atomic mass is 9.87. The molecule has 0 atom stereocenters. The van der Waals surface area contributed by atoms with Gasteiger partial charge in [-0.2, -0.15) is 0 Å². The molecule has 166 valence electrons. The Balaban J connectivity index is 1.64. The maximum Gasteiger partial charge on any atom is 0.0840 e. The van der Waals surface area contributed by atoms with Gasteiger partial charge >= 0.3 is 0 Å². The van der Waals surface area contributed by atoms with Crippen molar-refractivity contribution in [3.05, 3.63) is 101 Å². The maximum atomic E-state index is 10.6. The van der Waals surface area contributed by atoms with Crippen molar-refractivity contribution in [3.8, 4) is 0 Å². The first-order chi connectivity index (χ1) is 15.4. The topological polar surface area (TPSA) is 33.1 Å². The second kappa shape index (κ2) is 11.1. The fourth-order valence-corrected chi connectivity index (χ4v) is 4.10. The van der Waals surface area contributed by atoms with Crippen molar-refractivity contribution in [2.24, 2.45) is 0 Å². The SMILES string of the molecule is C/C=C(CCCc1cccc(/C=C/c2ccc3ccccc3n2)c1)\C(=C/CC)C(C)(C)O. The largest absolute Gasteiger partial charge is 0.386 e. The summed E-state index contributed by atoms with van der Waals surface area (Å²) in [6.45, 7) is 7.93. The summed E-state index contributed by atoms with van der Waals surface area (Å²) in [6, 6.07) is 21.1. The zero-order chi connectivity index (χ0) is 23.0. The zero-order valence-corrected chi connectivity index (χ0v) is 19.8. The van der Waals surface area contributed by atoms with E-state index >= 15 is 0 Å². The van der Waals surface area contributed by atoms with Crippen LogP contribution in [-0.2, 0) is 6.42 Å². The number of rotatable bonds is 9. The molecule has 1 aromatic heterocycles. The summed E-state index contributed by atoms with van der Waals surface area (Å²) in [5.74, 6) is 0. The number of nitrogens with zero attached hydrogens (tertiary/aromatic N) is 1. The van der Waals surface area contributed by atoms with Gasteiger partial charge in [0.2, 0.25) is 0 Å². The number of aromatic nitrogens is 1. The van der Waals surface area contributed by atoms with E-state index in [1.165, 1.54) is 16.7 Å². The number of aryl methyl sites for hydroxylation is 1. The van der Waals surface area contributed by atoms with Crippen LogP contribution in [0.5, 0.6) is 0 Å². The standard InChI is InChI=1S/C30H35NO/c1-5-11-28(30(3,4)32)25(6-2)16-10-14-23-12-9-13-24(22-23)18-20-27-21-19-26-15-7-8-17-29(26)31-27/h6-9,11-13,15,17-22,32H,5,10,14,16H2,1-4H3/b20-18+,25-6-,28-11+. The molecule has 0 aliphatic carbocycles. The minimum absolute atomic E-state index is 0.806. The van der Waals surface area contributed by atoms with Crippen molar-refractivity contribution < 1.29 is 5.11 Å². The minimum Gasteiger partial charge on any atom is -0.386 e. The summed E-state index contributed by atoms with van der Waals surface area (Å²) in [5.41, 5.74) is 6.00. The van der Waals surface area contributed by atoms with Crippen LogP contribution in [0.15, 0.2) is 84.0 Å². The average Bonchev–Trinajstić information content (AvgIpc) is 2.79. The van der Waals surface area contributed by atoms with E-state index < -0.39 is 5.60 Å². The first kappa shape index (κ1) is 23.7. The number of pyridine rings is 1. The van der Waals surface area contributed by atoms with Crippen LogP contribution in [0, 0.1) is 0 Å². The molecule has 0 saturated carbocycles. The zero-order valence-electron chi connectivity index (χ0n) is 19.8. The van der Waals surface area contributed by atoms with E-state index in [0.717, 1.165) is 47.9 Å². The number of aliphatic hydroxyl groups is 1. The molecule has 3 rings (SSSR count). The quantitative estimate of drug-likeness (QED) is 0.355. The fourth-order valence-electron chi connectivity index (χ4n) is 4.10. The number of hydrogen-bond donors (Lipinski definition) is 1. The van der Waals surface area contributed by atoms with Crippen LogP contribution < -0.4 is 0 Å². The van der Waals surface area contributed by atoms with Crippen molar-refractivity contribution in [1.29, 1.82) is 0 Å². The molecule has 0 bridgehead atoms. The van der Waals surface area contributed by atoms with Gasteiger partial charge in [-0.25, -0.2) is 4.98 Å². The van der Waals surface area contributed by atoms with Crippen molar-refractivity contribution in [2.75, 3.05) is 0 Å². The summed E-state index contributed by atoms with van der Waals surface area (Å²) in [6.07, 6.45) is 12.5. The highest BCUT2D eigenvalue weighted by Crippen LogP contribution is 2.28. The second-order valence-electron chi connectivity index (χ2n) is 8.76. The number of allylic oxidation sites excluding steroid dienone is 2. The van der Waals surface area contributed by atoms with Crippen LogP contribution in [0.1, 0.15) is 63.8 Å². The molecule has 0 unspecified atom stereocenters. The van der Waals surface area contributed by atoms with Gasteiger partial charge in [0, 0.05) is 5.39 Å². The van der Waals surface area contributed by atoms with Gasteiger partial charge in [0.15, 0.2) is 0 Å². The van der Waals surface area contributed by atoms with Crippen LogP contribution in [0.25, 0.3) is 23.1 Å². The molecule has 32 heavy (non-hydrogen) atoms. The number of benzene rings is 2. The third-order valence-corrected chi connectivity index (χ3v) is 5.69. The molecule has 2 aromatic carbocycles. The van der Waals surface area contributed by atoms with Crippen LogP contribution >= 0.6 is 0 Å². The van der Waals surface area contributed by atoms with Crippen molar-refractivity contribution in [2.45, 2.75) is 59.0 Å². The molecule has 0 fully saturated rings. The van der Waals surface area contributed by atoms with Gasteiger partial charge in [-0.1, -0.05) is 73.7 Å². The predicted octanol–water partition coefficient (Wildman–Crippen LogP) is 7.78. The van der Waals surface area contributed by atoms with Crippen LogP contribution in [0.4, 0.5) is 0 Å². The molecule has 1 heterocycles. The Hall–Kier alpha value is -2.97. The molecule has 3 aromatic rings. The lowest BCUT2D eigenvalue weighted by Gasteiger charge is -2.24. The van der Waals surface area contributed by atoms with Crippen LogP contribution in [0.3, 0.4) is 0 Å². The fraction of sp³-hybridized carbons (Fsp3) is 0.300. The second-order valence-corrected chi connectivity index (χ2v) is 8.76. The van der Waals surface area contributed by atoms with Gasteiger partial charge in [-0.15, -0.1) is 0 Å². The number of fused-ring (bicyclic) bond motifs is 1. The summed E-state index contributed by atoms with van der Waals surface area (Å²) >= 11 is 0. The molecule has 0 amide bonds. The van der Waals surface area contributed by atoms with E-state index in [1.54, 1.807) is 0 Å². The van der Waals surface area contributed by atoms with Crippen LogP contribution in [0.2, 0.25) is 0 Å². The van der Waals surface area contributed by atoms with E-state index in [4.69, 9.17) is 4.98 Å². The Morgan fingerprint density at radius 1 is 1.00 bits per heavy atom. The van der Waals surface area contributed by atoms with E-state index in [-0.39, 0.29) is 0 Å². The summed E-state index contributed by atoms with van der Waals surface area (Å²) in [7, 11) is 0. The predicted molar refractivity (Wildman–Crippen MR) is 138 cm³/mol. The smallest absolute Gasteiger partial charge is 0.0840 e. The van der Waals surface area contributed by atoms with Gasteiger partial charge < -0.3 is 5.11 Å². The summed E-state index contributed by atoms with van der Waals surface area (Å²) in [4.78, 5) is 4.72. The Kier molecular flexibility index (Phi) is 8.19. The monoisotopic (exact) mass is 425 g/mol. The molecule has 0 radical (unpaired) electrons. The molecule has 0 aliphatic heterocycles. The Morgan fingerprint density at radius 3 is 2.56 bits per heavy atom. The van der Waals surface area contributed by atoms with E-state index in [0.29, 0.717) is 0 Å². The molecule has 0 aliphatic rings. The minimum atomic E-state index is -0.806. The molecular formula is C30H35NO. The van der Waals surface area contributed by atoms with E-state index in [2.05, 4.69) is 80.6 Å². The van der Waals surface area contributed by atoms with Crippen molar-refractivity contribution in [1.82, 2.24) is 4.98 Å². The van der Waals surface area contributed by atoms with E-state index in [1.807, 2.05) is 32.0 Å². The normalized spacial score (nSPS) is 13.3. The lowest BCUT2D eigenvalue weighted by Crippen LogP contribution is -2.23. The lowest BCUT2D eigenvalue weighted by molar-refractivity contribution is 0.121.